The molecule has 108 valence electrons. The summed E-state index contributed by atoms with van der Waals surface area (Å²) in [5, 5.41) is 0.937. The Balaban J connectivity index is 2.60. The molecule has 0 saturated heterocycles. The monoisotopic (exact) mass is 290 g/mol. The van der Waals surface area contributed by atoms with Crippen molar-refractivity contribution in [2.45, 2.75) is 31.8 Å². The Morgan fingerprint density at radius 2 is 1.60 bits per heavy atom. The molecule has 0 N–H and O–H groups in total. The second-order valence-electron chi connectivity index (χ2n) is 6.14. The maximum atomic E-state index is 12.8. The van der Waals surface area contributed by atoms with Crippen LogP contribution < -0.4 is 0 Å². The van der Waals surface area contributed by atoms with Crippen LogP contribution in [-0.4, -0.2) is 33.9 Å². The highest BCUT2D eigenvalue weighted by atomic mass is 28.3. The Labute approximate surface area is 121 Å². The van der Waals surface area contributed by atoms with Crippen molar-refractivity contribution >= 4 is 19.4 Å². The summed E-state index contributed by atoms with van der Waals surface area (Å²) in [5.41, 5.74) is 2.17. The molecule has 1 aromatic rings. The largest absolute Gasteiger partial charge is 0.346 e. The standard InChI is InChI=1S/C16H22O3Si/c1-18-16(19-2)11-13(12-9-7-6-8-10-12)14(15(16)17)20(3,4)5/h6-10H,11H2,1-5H3. The Hall–Kier alpha value is -1.23. The third kappa shape index (κ3) is 2.39. The van der Waals surface area contributed by atoms with Crippen LogP contribution in [0.2, 0.25) is 19.6 Å². The van der Waals surface area contributed by atoms with Crippen LogP contribution in [0.3, 0.4) is 0 Å². The molecule has 0 atom stereocenters. The molecule has 0 unspecified atom stereocenters. The predicted molar refractivity (Wildman–Crippen MR) is 83.1 cm³/mol. The van der Waals surface area contributed by atoms with Gasteiger partial charge in [0.2, 0.25) is 11.6 Å². The molecule has 2 rings (SSSR count). The number of hydrogen-bond acceptors (Lipinski definition) is 3. The van der Waals surface area contributed by atoms with E-state index in [1.54, 1.807) is 0 Å². The maximum absolute atomic E-state index is 12.8. The highest BCUT2D eigenvalue weighted by Crippen LogP contribution is 2.43. The molecular formula is C16H22O3Si. The average molecular weight is 290 g/mol. The number of carbonyl (C=O) groups is 1. The molecule has 1 aromatic carbocycles. The quantitative estimate of drug-likeness (QED) is 0.630. The number of benzene rings is 1. The van der Waals surface area contributed by atoms with Crippen LogP contribution in [0.25, 0.3) is 5.57 Å². The lowest BCUT2D eigenvalue weighted by molar-refractivity contribution is -0.197. The van der Waals surface area contributed by atoms with E-state index in [2.05, 4.69) is 19.6 Å². The van der Waals surface area contributed by atoms with Crippen LogP contribution in [0.1, 0.15) is 12.0 Å². The fourth-order valence-electron chi connectivity index (χ4n) is 2.82. The Morgan fingerprint density at radius 1 is 1.05 bits per heavy atom. The van der Waals surface area contributed by atoms with Gasteiger partial charge < -0.3 is 9.47 Å². The molecular weight excluding hydrogens is 268 g/mol. The minimum atomic E-state index is -1.78. The summed E-state index contributed by atoms with van der Waals surface area (Å²) >= 11 is 0. The number of ether oxygens (including phenoxy) is 2. The number of ketones is 1. The fraction of sp³-hybridized carbons (Fsp3) is 0.438. The molecule has 0 aromatic heterocycles. The van der Waals surface area contributed by atoms with Crippen molar-refractivity contribution in [3.63, 3.8) is 0 Å². The molecule has 0 bridgehead atoms. The first-order valence-corrected chi connectivity index (χ1v) is 10.3. The van der Waals surface area contributed by atoms with Crippen molar-refractivity contribution in [3.05, 3.63) is 41.1 Å². The van der Waals surface area contributed by atoms with Crippen molar-refractivity contribution in [2.75, 3.05) is 14.2 Å². The van der Waals surface area contributed by atoms with E-state index in [1.165, 1.54) is 14.2 Å². The van der Waals surface area contributed by atoms with Crippen LogP contribution in [0.15, 0.2) is 35.5 Å². The average Bonchev–Trinajstić information content (AvgIpc) is 2.73. The maximum Gasteiger partial charge on any atom is 0.236 e. The summed E-state index contributed by atoms with van der Waals surface area (Å²) < 4.78 is 10.9. The van der Waals surface area contributed by atoms with Crippen molar-refractivity contribution < 1.29 is 14.3 Å². The van der Waals surface area contributed by atoms with E-state index in [0.29, 0.717) is 6.42 Å². The summed E-state index contributed by atoms with van der Waals surface area (Å²) in [7, 11) is 1.29. The molecule has 4 heteroatoms. The van der Waals surface area contributed by atoms with Gasteiger partial charge in [-0.25, -0.2) is 0 Å². The molecule has 0 radical (unpaired) electrons. The zero-order valence-electron chi connectivity index (χ0n) is 12.8. The Kier molecular flexibility index (Phi) is 4.00. The summed E-state index contributed by atoms with van der Waals surface area (Å²) in [6.07, 6.45) is 0.489. The molecule has 3 nitrogen and oxygen atoms in total. The lowest BCUT2D eigenvalue weighted by atomic mass is 10.0. The number of rotatable bonds is 4. The van der Waals surface area contributed by atoms with Gasteiger partial charge in [0.1, 0.15) is 0 Å². The van der Waals surface area contributed by atoms with Crippen molar-refractivity contribution in [1.29, 1.82) is 0 Å². The molecule has 1 aliphatic rings. The second kappa shape index (κ2) is 5.28. The highest BCUT2D eigenvalue weighted by molar-refractivity contribution is 6.88. The predicted octanol–water partition coefficient (Wildman–Crippen LogP) is 3.28. The number of carbonyl (C=O) groups excluding carboxylic acids is 1. The van der Waals surface area contributed by atoms with Crippen LogP contribution in [0, 0.1) is 0 Å². The fourth-order valence-corrected chi connectivity index (χ4v) is 4.83. The Morgan fingerprint density at radius 3 is 2.05 bits per heavy atom. The van der Waals surface area contributed by atoms with Gasteiger partial charge in [0, 0.05) is 20.6 Å². The minimum absolute atomic E-state index is 0.000481. The van der Waals surface area contributed by atoms with E-state index in [1.807, 2.05) is 30.3 Å². The lowest BCUT2D eigenvalue weighted by Crippen LogP contribution is -2.43. The SMILES string of the molecule is COC1(OC)CC(c2ccccc2)=C([Si](C)(C)C)C1=O. The van der Waals surface area contributed by atoms with Gasteiger partial charge in [-0.05, 0) is 16.3 Å². The van der Waals surface area contributed by atoms with E-state index < -0.39 is 13.9 Å². The molecule has 0 spiro atoms. The van der Waals surface area contributed by atoms with Gasteiger partial charge >= 0.3 is 0 Å². The molecule has 1 aliphatic carbocycles. The molecule has 0 saturated carbocycles. The molecule has 0 fully saturated rings. The Bertz CT molecular complexity index is 537. The van der Waals surface area contributed by atoms with Gasteiger partial charge in [-0.2, -0.15) is 0 Å². The summed E-state index contributed by atoms with van der Waals surface area (Å²) in [5.74, 6) is -1.14. The van der Waals surface area contributed by atoms with Crippen molar-refractivity contribution in [1.82, 2.24) is 0 Å². The first-order chi connectivity index (χ1) is 9.35. The van der Waals surface area contributed by atoms with Crippen LogP contribution in [-0.2, 0) is 14.3 Å². The van der Waals surface area contributed by atoms with Gasteiger partial charge in [-0.1, -0.05) is 50.0 Å². The lowest BCUT2D eigenvalue weighted by Gasteiger charge is -2.26. The third-order valence-electron chi connectivity index (χ3n) is 3.82. The molecule has 20 heavy (non-hydrogen) atoms. The van der Waals surface area contributed by atoms with E-state index in [-0.39, 0.29) is 5.78 Å². The zero-order valence-corrected chi connectivity index (χ0v) is 13.8. The first-order valence-electron chi connectivity index (χ1n) is 6.80. The van der Waals surface area contributed by atoms with Gasteiger partial charge in [-0.15, -0.1) is 0 Å². The normalized spacial score (nSPS) is 18.8. The van der Waals surface area contributed by atoms with E-state index in [4.69, 9.17) is 9.47 Å². The smallest absolute Gasteiger partial charge is 0.236 e. The third-order valence-corrected chi connectivity index (χ3v) is 5.84. The van der Waals surface area contributed by atoms with E-state index >= 15 is 0 Å². The number of hydrogen-bond donors (Lipinski definition) is 0. The summed E-state index contributed by atoms with van der Waals surface area (Å²) in [6.45, 7) is 6.56. The summed E-state index contributed by atoms with van der Waals surface area (Å²) in [6, 6.07) is 10.1. The van der Waals surface area contributed by atoms with Gasteiger partial charge in [0.15, 0.2) is 0 Å². The topological polar surface area (TPSA) is 35.5 Å². The van der Waals surface area contributed by atoms with E-state index in [9.17, 15) is 4.79 Å². The van der Waals surface area contributed by atoms with Crippen molar-refractivity contribution in [2.24, 2.45) is 0 Å². The van der Waals surface area contributed by atoms with Crippen LogP contribution in [0.5, 0.6) is 0 Å². The van der Waals surface area contributed by atoms with Crippen LogP contribution in [0.4, 0.5) is 0 Å². The number of methoxy groups -OCH3 is 2. The van der Waals surface area contributed by atoms with Crippen molar-refractivity contribution in [3.8, 4) is 0 Å². The first kappa shape index (κ1) is 15.2. The second-order valence-corrected chi connectivity index (χ2v) is 11.1. The number of Topliss-reactive ketones (excluding diaryl/α,β-unsaturated/α-hetero) is 1. The minimum Gasteiger partial charge on any atom is -0.346 e. The van der Waals surface area contributed by atoms with Gasteiger partial charge in [0.25, 0.3) is 0 Å². The van der Waals surface area contributed by atoms with Gasteiger partial charge in [-0.3, -0.25) is 4.79 Å². The van der Waals surface area contributed by atoms with Crippen LogP contribution >= 0.6 is 0 Å². The summed E-state index contributed by atoms with van der Waals surface area (Å²) in [4.78, 5) is 12.8. The zero-order chi connectivity index (χ0) is 15.0. The molecule has 0 heterocycles. The molecule has 0 aliphatic heterocycles. The molecule has 0 amide bonds. The van der Waals surface area contributed by atoms with E-state index in [0.717, 1.165) is 16.3 Å². The highest BCUT2D eigenvalue weighted by Gasteiger charge is 2.51. The van der Waals surface area contributed by atoms with Gasteiger partial charge in [0.05, 0.1) is 8.07 Å².